The maximum Gasteiger partial charge on any atom is 0.250 e. The van der Waals surface area contributed by atoms with E-state index in [1.807, 2.05) is 24.3 Å². The van der Waals surface area contributed by atoms with Gasteiger partial charge in [0.05, 0.1) is 0 Å². The molecule has 9 heteroatoms. The number of hydrogen-bond donors (Lipinski definition) is 2. The predicted octanol–water partition coefficient (Wildman–Crippen LogP) is 5.72. The molecule has 2 N–H and O–H groups in total. The third-order valence-electron chi connectivity index (χ3n) is 4.15. The highest BCUT2D eigenvalue weighted by Gasteiger charge is 2.10. The van der Waals surface area contributed by atoms with E-state index in [1.54, 1.807) is 42.6 Å². The molecule has 1 amide bonds. The Morgan fingerprint density at radius 2 is 1.97 bits per heavy atom. The number of hydrogen-bond acceptors (Lipinski definition) is 5. The second-order valence-corrected chi connectivity index (χ2v) is 7.62. The van der Waals surface area contributed by atoms with Crippen LogP contribution in [0.15, 0.2) is 71.3 Å². The average Bonchev–Trinajstić information content (AvgIpc) is 3.17. The van der Waals surface area contributed by atoms with Crippen molar-refractivity contribution in [1.82, 2.24) is 15.3 Å². The zero-order valence-corrected chi connectivity index (χ0v) is 18.1. The zero-order valence-electron chi connectivity index (χ0n) is 15.8. The number of rotatable bonds is 4. The Hall–Kier alpha value is -3.26. The quantitative estimate of drug-likeness (QED) is 0.294. The van der Waals surface area contributed by atoms with E-state index in [1.165, 1.54) is 6.08 Å². The molecule has 0 saturated carbocycles. The van der Waals surface area contributed by atoms with Crippen LogP contribution in [0.5, 0.6) is 0 Å². The molecule has 0 spiro atoms. The Balaban J connectivity index is 1.41. The number of nitrogens with zero attached hydrogens (tertiary/aromatic N) is 2. The second kappa shape index (κ2) is 9.26. The Morgan fingerprint density at radius 3 is 2.77 bits per heavy atom. The van der Waals surface area contributed by atoms with Gasteiger partial charge >= 0.3 is 0 Å². The monoisotopic (exact) mass is 468 g/mol. The Kier molecular flexibility index (Phi) is 6.27. The SMILES string of the molecule is O=C(C=Cc1ccc(Cl)cc1Cl)NC(=S)Nc1cccc(-c2nc3ncccc3o2)c1. The summed E-state index contributed by atoms with van der Waals surface area (Å²) in [6, 6.07) is 15.9. The number of anilines is 1. The first-order valence-electron chi connectivity index (χ1n) is 9.05. The van der Waals surface area contributed by atoms with Gasteiger partial charge in [0.2, 0.25) is 11.8 Å². The van der Waals surface area contributed by atoms with E-state index in [2.05, 4.69) is 20.6 Å². The molecule has 0 radical (unpaired) electrons. The van der Waals surface area contributed by atoms with Gasteiger partial charge in [0, 0.05) is 33.6 Å². The van der Waals surface area contributed by atoms with Crippen molar-refractivity contribution < 1.29 is 9.21 Å². The number of pyridine rings is 1. The van der Waals surface area contributed by atoms with Crippen molar-refractivity contribution >= 4 is 69.4 Å². The van der Waals surface area contributed by atoms with Crippen LogP contribution in [-0.4, -0.2) is 21.0 Å². The second-order valence-electron chi connectivity index (χ2n) is 6.37. The van der Waals surface area contributed by atoms with Gasteiger partial charge in [-0.3, -0.25) is 10.1 Å². The molecule has 154 valence electrons. The predicted molar refractivity (Wildman–Crippen MR) is 127 cm³/mol. The molecule has 2 aromatic carbocycles. The fourth-order valence-electron chi connectivity index (χ4n) is 2.74. The van der Waals surface area contributed by atoms with Gasteiger partial charge in [-0.15, -0.1) is 0 Å². The van der Waals surface area contributed by atoms with Crippen molar-refractivity contribution in [2.45, 2.75) is 0 Å². The third kappa shape index (κ3) is 5.27. The van der Waals surface area contributed by atoms with Gasteiger partial charge in [-0.25, -0.2) is 4.98 Å². The van der Waals surface area contributed by atoms with Crippen LogP contribution in [0.4, 0.5) is 5.69 Å². The van der Waals surface area contributed by atoms with Gasteiger partial charge in [-0.1, -0.05) is 35.3 Å². The first-order chi connectivity index (χ1) is 15.0. The molecule has 4 aromatic rings. The Morgan fingerprint density at radius 1 is 1.10 bits per heavy atom. The summed E-state index contributed by atoms with van der Waals surface area (Å²) in [5.41, 5.74) is 3.22. The van der Waals surface area contributed by atoms with Crippen molar-refractivity contribution in [2.75, 3.05) is 5.32 Å². The molecule has 0 aliphatic carbocycles. The number of aromatic nitrogens is 2. The van der Waals surface area contributed by atoms with Crippen molar-refractivity contribution in [2.24, 2.45) is 0 Å². The number of halogens is 2. The van der Waals surface area contributed by atoms with Crippen LogP contribution in [0.25, 0.3) is 28.8 Å². The first kappa shape index (κ1) is 21.0. The Bertz CT molecular complexity index is 1290. The van der Waals surface area contributed by atoms with Crippen molar-refractivity contribution in [1.29, 1.82) is 0 Å². The maximum atomic E-state index is 12.2. The standard InChI is InChI=1S/C22H14Cl2N4O2S/c23-15-8-6-13(17(24)12-15)7-9-19(29)27-22(31)26-16-4-1-3-14(11-16)21-28-20-18(30-21)5-2-10-25-20/h1-12H,(H2,26,27,29,31). The fourth-order valence-corrected chi connectivity index (χ4v) is 3.43. The number of oxazole rings is 1. The van der Waals surface area contributed by atoms with E-state index in [4.69, 9.17) is 39.8 Å². The molecule has 31 heavy (non-hydrogen) atoms. The largest absolute Gasteiger partial charge is 0.434 e. The van der Waals surface area contributed by atoms with Crippen molar-refractivity contribution in [3.05, 3.63) is 82.5 Å². The summed E-state index contributed by atoms with van der Waals surface area (Å²) in [5.74, 6) is 0.0415. The molecule has 0 atom stereocenters. The fraction of sp³-hybridized carbons (Fsp3) is 0. The van der Waals surface area contributed by atoms with Gasteiger partial charge in [0.25, 0.3) is 0 Å². The number of carbonyl (C=O) groups is 1. The summed E-state index contributed by atoms with van der Waals surface area (Å²) < 4.78 is 5.74. The minimum Gasteiger partial charge on any atom is -0.434 e. The van der Waals surface area contributed by atoms with Crippen LogP contribution in [0, 0.1) is 0 Å². The topological polar surface area (TPSA) is 80.0 Å². The van der Waals surface area contributed by atoms with E-state index in [9.17, 15) is 4.79 Å². The Labute approximate surface area is 192 Å². The van der Waals surface area contributed by atoms with Crippen LogP contribution in [0.3, 0.4) is 0 Å². The molecule has 6 nitrogen and oxygen atoms in total. The summed E-state index contributed by atoms with van der Waals surface area (Å²) in [5, 5.41) is 6.67. The lowest BCUT2D eigenvalue weighted by atomic mass is 10.2. The number of thiocarbonyl (C=S) groups is 1. The summed E-state index contributed by atoms with van der Waals surface area (Å²) in [7, 11) is 0. The third-order valence-corrected chi connectivity index (χ3v) is 4.91. The molecule has 0 aliphatic rings. The van der Waals surface area contributed by atoms with E-state index in [-0.39, 0.29) is 5.11 Å². The number of benzene rings is 2. The molecule has 2 heterocycles. The normalized spacial score (nSPS) is 11.0. The summed E-state index contributed by atoms with van der Waals surface area (Å²) in [4.78, 5) is 20.7. The number of fused-ring (bicyclic) bond motifs is 1. The van der Waals surface area contributed by atoms with Crippen molar-refractivity contribution in [3.63, 3.8) is 0 Å². The van der Waals surface area contributed by atoms with E-state index in [0.29, 0.717) is 38.4 Å². The maximum absolute atomic E-state index is 12.2. The zero-order chi connectivity index (χ0) is 21.8. The molecule has 2 aromatic heterocycles. The molecule has 4 rings (SSSR count). The van der Waals surface area contributed by atoms with Gasteiger partial charge < -0.3 is 9.73 Å². The van der Waals surface area contributed by atoms with E-state index in [0.717, 1.165) is 5.56 Å². The number of nitrogens with one attached hydrogen (secondary N) is 2. The summed E-state index contributed by atoms with van der Waals surface area (Å²) in [6.45, 7) is 0. The van der Waals surface area contributed by atoms with Gasteiger partial charge in [-0.2, -0.15) is 4.98 Å². The molecular weight excluding hydrogens is 455 g/mol. The van der Waals surface area contributed by atoms with Gasteiger partial charge in [0.15, 0.2) is 16.3 Å². The highest BCUT2D eigenvalue weighted by Crippen LogP contribution is 2.25. The lowest BCUT2D eigenvalue weighted by molar-refractivity contribution is -0.115. The summed E-state index contributed by atoms with van der Waals surface area (Å²) >= 11 is 17.2. The van der Waals surface area contributed by atoms with Gasteiger partial charge in [0.1, 0.15) is 0 Å². The minimum atomic E-state index is -0.398. The summed E-state index contributed by atoms with van der Waals surface area (Å²) in [6.07, 6.45) is 4.58. The van der Waals surface area contributed by atoms with Crippen LogP contribution < -0.4 is 10.6 Å². The van der Waals surface area contributed by atoms with E-state index >= 15 is 0 Å². The van der Waals surface area contributed by atoms with Gasteiger partial charge in [-0.05, 0) is 66.3 Å². The lowest BCUT2D eigenvalue weighted by Gasteiger charge is -2.09. The highest BCUT2D eigenvalue weighted by molar-refractivity contribution is 7.80. The molecule has 0 fully saturated rings. The van der Waals surface area contributed by atoms with Crippen LogP contribution >= 0.6 is 35.4 Å². The van der Waals surface area contributed by atoms with Crippen LogP contribution in [0.2, 0.25) is 10.0 Å². The van der Waals surface area contributed by atoms with Crippen LogP contribution in [-0.2, 0) is 4.79 Å². The molecule has 0 saturated heterocycles. The van der Waals surface area contributed by atoms with E-state index < -0.39 is 5.91 Å². The van der Waals surface area contributed by atoms with Crippen molar-refractivity contribution in [3.8, 4) is 11.5 Å². The minimum absolute atomic E-state index is 0.147. The number of carbonyl (C=O) groups excluding carboxylic acids is 1. The lowest BCUT2D eigenvalue weighted by Crippen LogP contribution is -2.32. The van der Waals surface area contributed by atoms with Crippen LogP contribution in [0.1, 0.15) is 5.56 Å². The first-order valence-corrected chi connectivity index (χ1v) is 10.2. The average molecular weight is 469 g/mol. The molecule has 0 aliphatic heterocycles. The molecular formula is C22H14Cl2N4O2S. The number of amides is 1. The molecule has 0 bridgehead atoms. The molecule has 0 unspecified atom stereocenters. The highest BCUT2D eigenvalue weighted by atomic mass is 35.5. The smallest absolute Gasteiger partial charge is 0.250 e.